The highest BCUT2D eigenvalue weighted by atomic mass is 16.5. The normalized spacial score (nSPS) is 14.8. The Balaban J connectivity index is 1.89. The van der Waals surface area contributed by atoms with Crippen LogP contribution in [0.5, 0.6) is 17.2 Å². The molecule has 0 spiro atoms. The number of rotatable bonds is 2. The van der Waals surface area contributed by atoms with Gasteiger partial charge in [0.2, 0.25) is 5.78 Å². The highest BCUT2D eigenvalue weighted by molar-refractivity contribution is 6.16. The number of aromatic nitrogens is 1. The topological polar surface area (TPSA) is 60.7 Å². The van der Waals surface area contributed by atoms with Crippen LogP contribution in [-0.4, -0.2) is 22.6 Å². The molecule has 25 heavy (non-hydrogen) atoms. The van der Waals surface area contributed by atoms with Crippen molar-refractivity contribution in [3.8, 4) is 17.2 Å². The van der Waals surface area contributed by atoms with Crippen LogP contribution in [0.15, 0.2) is 42.2 Å². The molecule has 0 saturated carbocycles. The van der Waals surface area contributed by atoms with Gasteiger partial charge >= 0.3 is 0 Å². The number of aryl methyl sites for hydroxylation is 1. The first-order valence-electron chi connectivity index (χ1n) is 7.90. The number of Topliss-reactive ketones (excluding diaryl/α,β-unsaturated/α-hetero) is 1. The average molecular weight is 335 g/mol. The standard InChI is InChI=1S/C20H17NO4/c1-11-13(14-9-12(24-3)7-8-15(14)21(11)2)10-18-20(23)19-16(22)5-4-6-17(19)25-18/h4-10,22H,1-3H3/b18-10+. The minimum Gasteiger partial charge on any atom is -0.507 e. The Morgan fingerprint density at radius 3 is 2.76 bits per heavy atom. The molecule has 0 amide bonds. The number of ketones is 1. The average Bonchev–Trinajstić information content (AvgIpc) is 3.05. The van der Waals surface area contributed by atoms with Crippen molar-refractivity contribution in [1.82, 2.24) is 4.57 Å². The smallest absolute Gasteiger partial charge is 0.235 e. The van der Waals surface area contributed by atoms with E-state index in [1.807, 2.05) is 32.2 Å². The van der Waals surface area contributed by atoms with E-state index >= 15 is 0 Å². The van der Waals surface area contributed by atoms with E-state index in [0.717, 1.165) is 27.9 Å². The van der Waals surface area contributed by atoms with Crippen molar-refractivity contribution in [1.29, 1.82) is 0 Å². The van der Waals surface area contributed by atoms with Crippen LogP contribution in [0, 0.1) is 6.92 Å². The van der Waals surface area contributed by atoms with Crippen LogP contribution in [-0.2, 0) is 7.05 Å². The molecule has 1 aromatic heterocycles. The third-order valence-electron chi connectivity index (χ3n) is 4.70. The molecule has 4 rings (SSSR count). The summed E-state index contributed by atoms with van der Waals surface area (Å²) in [6, 6.07) is 10.6. The number of aromatic hydroxyl groups is 1. The number of fused-ring (bicyclic) bond motifs is 2. The van der Waals surface area contributed by atoms with Gasteiger partial charge in [-0.3, -0.25) is 4.79 Å². The molecular formula is C20H17NO4. The van der Waals surface area contributed by atoms with E-state index in [1.54, 1.807) is 25.3 Å². The first-order valence-corrected chi connectivity index (χ1v) is 7.90. The molecule has 5 heteroatoms. The van der Waals surface area contributed by atoms with Gasteiger partial charge in [0.15, 0.2) is 5.76 Å². The van der Waals surface area contributed by atoms with Gasteiger partial charge in [0.05, 0.1) is 7.11 Å². The lowest BCUT2D eigenvalue weighted by Crippen LogP contribution is -1.99. The van der Waals surface area contributed by atoms with E-state index in [0.29, 0.717) is 5.75 Å². The van der Waals surface area contributed by atoms with E-state index in [1.165, 1.54) is 6.07 Å². The van der Waals surface area contributed by atoms with E-state index in [2.05, 4.69) is 4.57 Å². The molecule has 0 saturated heterocycles. The number of phenols is 1. The molecule has 3 aromatic rings. The molecule has 0 aliphatic carbocycles. The number of allylic oxidation sites excluding steroid dienone is 1. The summed E-state index contributed by atoms with van der Waals surface area (Å²) in [7, 11) is 3.60. The highest BCUT2D eigenvalue weighted by Crippen LogP contribution is 2.38. The van der Waals surface area contributed by atoms with Crippen molar-refractivity contribution in [3.05, 3.63) is 59.0 Å². The van der Waals surface area contributed by atoms with E-state index < -0.39 is 0 Å². The van der Waals surface area contributed by atoms with Crippen LogP contribution in [0.4, 0.5) is 0 Å². The first-order chi connectivity index (χ1) is 12.0. The maximum absolute atomic E-state index is 12.6. The Hall–Kier alpha value is -3.21. The highest BCUT2D eigenvalue weighted by Gasteiger charge is 2.30. The molecule has 2 aromatic carbocycles. The summed E-state index contributed by atoms with van der Waals surface area (Å²) in [6.07, 6.45) is 1.74. The summed E-state index contributed by atoms with van der Waals surface area (Å²) in [5.41, 5.74) is 3.15. The summed E-state index contributed by atoms with van der Waals surface area (Å²) in [5, 5.41) is 10.9. The van der Waals surface area contributed by atoms with Crippen LogP contribution in [0.3, 0.4) is 0 Å². The fraction of sp³-hybridized carbons (Fsp3) is 0.150. The van der Waals surface area contributed by atoms with Crippen molar-refractivity contribution in [3.63, 3.8) is 0 Å². The number of carbonyl (C=O) groups is 1. The number of nitrogens with zero attached hydrogens (tertiary/aromatic N) is 1. The van der Waals surface area contributed by atoms with Crippen LogP contribution >= 0.6 is 0 Å². The summed E-state index contributed by atoms with van der Waals surface area (Å²) in [5.74, 6) is 0.952. The predicted octanol–water partition coefficient (Wildman–Crippen LogP) is 3.82. The Morgan fingerprint density at radius 2 is 2.04 bits per heavy atom. The molecule has 0 radical (unpaired) electrons. The van der Waals surface area contributed by atoms with Crippen molar-refractivity contribution in [2.75, 3.05) is 7.11 Å². The molecule has 2 heterocycles. The summed E-state index contributed by atoms with van der Waals surface area (Å²) < 4.78 is 13.1. The largest absolute Gasteiger partial charge is 0.507 e. The zero-order valence-electron chi connectivity index (χ0n) is 14.2. The molecule has 0 atom stereocenters. The molecule has 0 unspecified atom stereocenters. The van der Waals surface area contributed by atoms with Gasteiger partial charge in [-0.05, 0) is 43.3 Å². The van der Waals surface area contributed by atoms with Gasteiger partial charge in [0, 0.05) is 29.2 Å². The van der Waals surface area contributed by atoms with E-state index in [4.69, 9.17) is 9.47 Å². The van der Waals surface area contributed by atoms with Crippen LogP contribution in [0.25, 0.3) is 17.0 Å². The second-order valence-electron chi connectivity index (χ2n) is 6.03. The number of carbonyl (C=O) groups excluding carboxylic acids is 1. The second kappa shape index (κ2) is 5.41. The minimum atomic E-state index is -0.313. The van der Waals surface area contributed by atoms with Gasteiger partial charge in [-0.1, -0.05) is 6.07 Å². The molecule has 1 aliphatic heterocycles. The SMILES string of the molecule is COc1ccc2c(c1)c(/C=C1/Oc3cccc(O)c3C1=O)c(C)n2C. The van der Waals surface area contributed by atoms with Crippen molar-refractivity contribution in [2.24, 2.45) is 7.05 Å². The zero-order valence-corrected chi connectivity index (χ0v) is 14.2. The molecule has 0 fully saturated rings. The molecular weight excluding hydrogens is 318 g/mol. The van der Waals surface area contributed by atoms with Crippen molar-refractivity contribution < 1.29 is 19.4 Å². The van der Waals surface area contributed by atoms with Crippen LogP contribution < -0.4 is 9.47 Å². The van der Waals surface area contributed by atoms with Gasteiger partial charge in [0.1, 0.15) is 22.8 Å². The number of benzene rings is 2. The first kappa shape index (κ1) is 15.3. The lowest BCUT2D eigenvalue weighted by Gasteiger charge is -2.01. The van der Waals surface area contributed by atoms with Gasteiger partial charge < -0.3 is 19.1 Å². The number of methoxy groups -OCH3 is 1. The Labute approximate surface area is 144 Å². The zero-order chi connectivity index (χ0) is 17.7. The van der Waals surface area contributed by atoms with E-state index in [9.17, 15) is 9.90 Å². The third kappa shape index (κ3) is 2.20. The van der Waals surface area contributed by atoms with Gasteiger partial charge in [0.25, 0.3) is 0 Å². The second-order valence-corrected chi connectivity index (χ2v) is 6.03. The van der Waals surface area contributed by atoms with Crippen molar-refractivity contribution >= 4 is 22.8 Å². The number of phenolic OH excluding ortho intramolecular Hbond substituents is 1. The molecule has 1 aliphatic rings. The number of hydrogen-bond acceptors (Lipinski definition) is 4. The van der Waals surface area contributed by atoms with E-state index in [-0.39, 0.29) is 22.9 Å². The summed E-state index contributed by atoms with van der Waals surface area (Å²) in [6.45, 7) is 1.99. The van der Waals surface area contributed by atoms with Gasteiger partial charge in [-0.15, -0.1) is 0 Å². The Morgan fingerprint density at radius 1 is 1.24 bits per heavy atom. The third-order valence-corrected chi connectivity index (χ3v) is 4.70. The fourth-order valence-corrected chi connectivity index (χ4v) is 3.24. The summed E-state index contributed by atoms with van der Waals surface area (Å²) in [4.78, 5) is 12.6. The maximum atomic E-state index is 12.6. The molecule has 1 N–H and O–H groups in total. The fourth-order valence-electron chi connectivity index (χ4n) is 3.24. The van der Waals surface area contributed by atoms with Crippen LogP contribution in [0.1, 0.15) is 21.6 Å². The molecule has 126 valence electrons. The van der Waals surface area contributed by atoms with Crippen LogP contribution in [0.2, 0.25) is 0 Å². The van der Waals surface area contributed by atoms with Crippen molar-refractivity contribution in [2.45, 2.75) is 6.92 Å². The van der Waals surface area contributed by atoms with Gasteiger partial charge in [-0.25, -0.2) is 0 Å². The Bertz CT molecular complexity index is 1060. The Kier molecular flexibility index (Phi) is 3.32. The molecule has 0 bridgehead atoms. The monoisotopic (exact) mass is 335 g/mol. The number of hydrogen-bond donors (Lipinski definition) is 1. The quantitative estimate of drug-likeness (QED) is 0.723. The van der Waals surface area contributed by atoms with Gasteiger partial charge in [-0.2, -0.15) is 0 Å². The maximum Gasteiger partial charge on any atom is 0.235 e. The predicted molar refractivity (Wildman–Crippen MR) is 95.3 cm³/mol. The molecule has 5 nitrogen and oxygen atoms in total. The number of ether oxygens (including phenoxy) is 2. The minimum absolute atomic E-state index is 0.0674. The lowest BCUT2D eigenvalue weighted by molar-refractivity contribution is 0.101. The lowest BCUT2D eigenvalue weighted by atomic mass is 10.1. The summed E-state index contributed by atoms with van der Waals surface area (Å²) >= 11 is 0.